The Bertz CT molecular complexity index is 283. The van der Waals surface area contributed by atoms with Gasteiger partial charge in [0.1, 0.15) is 0 Å². The second-order valence-corrected chi connectivity index (χ2v) is 6.28. The van der Waals surface area contributed by atoms with Crippen LogP contribution in [0.3, 0.4) is 0 Å². The van der Waals surface area contributed by atoms with Crippen LogP contribution in [0.25, 0.3) is 0 Å². The Morgan fingerprint density at radius 1 is 1.38 bits per heavy atom. The second-order valence-electron chi connectivity index (χ2n) is 4.19. The molecular formula is C10H21NO4S. The molecule has 1 heterocycles. The van der Waals surface area contributed by atoms with Gasteiger partial charge in [-0.3, -0.25) is 0 Å². The van der Waals surface area contributed by atoms with Crippen LogP contribution in [0, 0.1) is 5.92 Å². The zero-order chi connectivity index (χ0) is 12.0. The molecule has 0 unspecified atom stereocenters. The third-order valence-electron chi connectivity index (χ3n) is 2.93. The molecule has 0 spiro atoms. The highest BCUT2D eigenvalue weighted by Gasteiger charge is 2.27. The largest absolute Gasteiger partial charge is 0.396 e. The van der Waals surface area contributed by atoms with E-state index in [-0.39, 0.29) is 12.4 Å². The fourth-order valence-electron chi connectivity index (χ4n) is 1.97. The van der Waals surface area contributed by atoms with Gasteiger partial charge >= 0.3 is 0 Å². The molecule has 96 valence electrons. The van der Waals surface area contributed by atoms with E-state index in [1.165, 1.54) is 4.31 Å². The topological polar surface area (TPSA) is 66.8 Å². The van der Waals surface area contributed by atoms with Crippen LogP contribution < -0.4 is 0 Å². The van der Waals surface area contributed by atoms with Gasteiger partial charge in [-0.25, -0.2) is 12.7 Å². The molecule has 1 fully saturated rings. The third kappa shape index (κ3) is 4.01. The van der Waals surface area contributed by atoms with E-state index in [0.717, 1.165) is 12.8 Å². The summed E-state index contributed by atoms with van der Waals surface area (Å²) in [6.45, 7) is 1.81. The highest BCUT2D eigenvalue weighted by atomic mass is 32.2. The molecule has 6 heteroatoms. The van der Waals surface area contributed by atoms with Crippen molar-refractivity contribution in [1.82, 2.24) is 4.31 Å². The molecule has 0 aromatic heterocycles. The first kappa shape index (κ1) is 13.9. The molecule has 1 N–H and O–H groups in total. The van der Waals surface area contributed by atoms with Crippen LogP contribution in [0.2, 0.25) is 0 Å². The molecule has 0 aromatic carbocycles. The number of ether oxygens (including phenoxy) is 1. The summed E-state index contributed by atoms with van der Waals surface area (Å²) in [5, 5.41) is 8.64. The minimum atomic E-state index is -3.15. The van der Waals surface area contributed by atoms with Crippen molar-refractivity contribution >= 4 is 10.0 Å². The smallest absolute Gasteiger partial charge is 0.214 e. The first-order valence-electron chi connectivity index (χ1n) is 5.67. The predicted molar refractivity (Wildman–Crippen MR) is 61.7 cm³/mol. The summed E-state index contributed by atoms with van der Waals surface area (Å²) in [7, 11) is -1.48. The molecule has 0 aromatic rings. The minimum Gasteiger partial charge on any atom is -0.396 e. The molecule has 0 saturated carbocycles. The Kier molecular flexibility index (Phi) is 5.68. The third-order valence-corrected chi connectivity index (χ3v) is 4.89. The van der Waals surface area contributed by atoms with Gasteiger partial charge in [0.15, 0.2) is 0 Å². The lowest BCUT2D eigenvalue weighted by molar-refractivity contribution is 0.121. The number of hydrogen-bond donors (Lipinski definition) is 1. The Labute approximate surface area is 97.4 Å². The predicted octanol–water partition coefficient (Wildman–Crippen LogP) is 0.0570. The summed E-state index contributed by atoms with van der Waals surface area (Å²) in [6.07, 6.45) is 2.05. The SMILES string of the molecule is COCC1CCN(S(=O)(=O)CCCO)CC1. The fraction of sp³-hybridized carbons (Fsp3) is 1.00. The number of hydrogen-bond acceptors (Lipinski definition) is 4. The maximum Gasteiger partial charge on any atom is 0.214 e. The summed E-state index contributed by atoms with van der Waals surface area (Å²) in [6, 6.07) is 0. The molecule has 1 rings (SSSR count). The van der Waals surface area contributed by atoms with Crippen molar-refractivity contribution in [2.45, 2.75) is 19.3 Å². The van der Waals surface area contributed by atoms with Crippen molar-refractivity contribution in [2.75, 3.05) is 39.2 Å². The number of nitrogens with zero attached hydrogens (tertiary/aromatic N) is 1. The lowest BCUT2D eigenvalue weighted by Gasteiger charge is -2.30. The molecule has 0 amide bonds. The molecule has 0 bridgehead atoms. The Morgan fingerprint density at radius 3 is 2.50 bits per heavy atom. The standard InChI is InChI=1S/C10H21NO4S/c1-15-9-10-3-5-11(6-4-10)16(13,14)8-2-7-12/h10,12H,2-9H2,1H3. The van der Waals surface area contributed by atoms with Gasteiger partial charge in [0.25, 0.3) is 0 Å². The molecule has 0 aliphatic carbocycles. The molecular weight excluding hydrogens is 230 g/mol. The number of piperidine rings is 1. The summed E-state index contributed by atoms with van der Waals surface area (Å²) >= 11 is 0. The van der Waals surface area contributed by atoms with E-state index in [1.807, 2.05) is 0 Å². The van der Waals surface area contributed by atoms with Crippen molar-refractivity contribution in [3.05, 3.63) is 0 Å². The maximum absolute atomic E-state index is 11.8. The number of methoxy groups -OCH3 is 1. The average Bonchev–Trinajstić information content (AvgIpc) is 2.28. The van der Waals surface area contributed by atoms with E-state index in [0.29, 0.717) is 32.0 Å². The highest BCUT2D eigenvalue weighted by Crippen LogP contribution is 2.20. The van der Waals surface area contributed by atoms with Gasteiger partial charge in [-0.05, 0) is 25.2 Å². The molecule has 0 radical (unpaired) electrons. The average molecular weight is 251 g/mol. The maximum atomic E-state index is 11.8. The quantitative estimate of drug-likeness (QED) is 0.725. The summed E-state index contributed by atoms with van der Waals surface area (Å²) in [5.41, 5.74) is 0. The van der Waals surface area contributed by atoms with Crippen molar-refractivity contribution < 1.29 is 18.3 Å². The van der Waals surface area contributed by atoms with E-state index >= 15 is 0 Å². The molecule has 1 saturated heterocycles. The first-order chi connectivity index (χ1) is 7.60. The van der Waals surface area contributed by atoms with Crippen molar-refractivity contribution in [3.8, 4) is 0 Å². The van der Waals surface area contributed by atoms with Crippen LogP contribution in [-0.4, -0.2) is 57.0 Å². The van der Waals surface area contributed by atoms with E-state index in [1.54, 1.807) is 7.11 Å². The van der Waals surface area contributed by atoms with Crippen LogP contribution >= 0.6 is 0 Å². The van der Waals surface area contributed by atoms with Gasteiger partial charge < -0.3 is 9.84 Å². The van der Waals surface area contributed by atoms with E-state index in [9.17, 15) is 8.42 Å². The van der Waals surface area contributed by atoms with Gasteiger partial charge in [0.2, 0.25) is 10.0 Å². The number of aliphatic hydroxyl groups excluding tert-OH is 1. The van der Waals surface area contributed by atoms with Crippen molar-refractivity contribution in [2.24, 2.45) is 5.92 Å². The Balaban J connectivity index is 2.40. The lowest BCUT2D eigenvalue weighted by Crippen LogP contribution is -2.40. The number of sulfonamides is 1. The molecule has 1 aliphatic rings. The van der Waals surface area contributed by atoms with Gasteiger partial charge in [0.05, 0.1) is 5.75 Å². The normalized spacial score (nSPS) is 20.1. The Morgan fingerprint density at radius 2 is 2.00 bits per heavy atom. The monoisotopic (exact) mass is 251 g/mol. The molecule has 16 heavy (non-hydrogen) atoms. The Hall–Kier alpha value is -0.170. The summed E-state index contributed by atoms with van der Waals surface area (Å²) in [5.74, 6) is 0.535. The van der Waals surface area contributed by atoms with Gasteiger partial charge in [-0.1, -0.05) is 0 Å². The lowest BCUT2D eigenvalue weighted by atomic mass is 9.99. The van der Waals surface area contributed by atoms with E-state index in [2.05, 4.69) is 0 Å². The van der Waals surface area contributed by atoms with Crippen LogP contribution in [0.4, 0.5) is 0 Å². The van der Waals surface area contributed by atoms with Crippen LogP contribution in [0.5, 0.6) is 0 Å². The summed E-state index contributed by atoms with van der Waals surface area (Å²) in [4.78, 5) is 0. The van der Waals surface area contributed by atoms with Crippen molar-refractivity contribution in [3.63, 3.8) is 0 Å². The zero-order valence-corrected chi connectivity index (χ0v) is 10.6. The van der Waals surface area contributed by atoms with Crippen LogP contribution in [0.1, 0.15) is 19.3 Å². The van der Waals surface area contributed by atoms with E-state index < -0.39 is 10.0 Å². The fourth-order valence-corrected chi connectivity index (χ4v) is 3.49. The number of rotatable bonds is 6. The van der Waals surface area contributed by atoms with Gasteiger partial charge in [-0.2, -0.15) is 0 Å². The molecule has 5 nitrogen and oxygen atoms in total. The second kappa shape index (κ2) is 6.54. The van der Waals surface area contributed by atoms with Gasteiger partial charge in [-0.15, -0.1) is 0 Å². The van der Waals surface area contributed by atoms with Crippen LogP contribution in [-0.2, 0) is 14.8 Å². The molecule has 1 aliphatic heterocycles. The zero-order valence-electron chi connectivity index (χ0n) is 9.76. The first-order valence-corrected chi connectivity index (χ1v) is 7.28. The van der Waals surface area contributed by atoms with Crippen molar-refractivity contribution in [1.29, 1.82) is 0 Å². The summed E-state index contributed by atoms with van der Waals surface area (Å²) < 4.78 is 30.2. The number of aliphatic hydroxyl groups is 1. The van der Waals surface area contributed by atoms with E-state index in [4.69, 9.17) is 9.84 Å². The van der Waals surface area contributed by atoms with Crippen LogP contribution in [0.15, 0.2) is 0 Å². The highest BCUT2D eigenvalue weighted by molar-refractivity contribution is 7.89. The minimum absolute atomic E-state index is 0.0540. The van der Waals surface area contributed by atoms with Gasteiger partial charge in [0, 0.05) is 33.4 Å². The molecule has 0 atom stereocenters.